The second-order valence-corrected chi connectivity index (χ2v) is 8.25. The molecule has 5 rings (SSSR count). The SMILES string of the molecule is N#CCN1CCC(c2cc(-c3ccncc3)c(-c3ccc4c(c3)CC/C4=N/O)o2)CC1. The van der Waals surface area contributed by atoms with Crippen molar-refractivity contribution in [1.82, 2.24) is 9.88 Å². The molecule has 0 amide bonds. The van der Waals surface area contributed by atoms with Crippen LogP contribution in [-0.4, -0.2) is 40.4 Å². The lowest BCUT2D eigenvalue weighted by Crippen LogP contribution is -2.33. The summed E-state index contributed by atoms with van der Waals surface area (Å²) in [5.41, 5.74) is 6.16. The van der Waals surface area contributed by atoms with Gasteiger partial charge in [-0.05, 0) is 74.2 Å². The Hall–Kier alpha value is -3.43. The topological polar surface area (TPSA) is 85.7 Å². The van der Waals surface area contributed by atoms with E-state index < -0.39 is 0 Å². The van der Waals surface area contributed by atoms with Gasteiger partial charge in [0.15, 0.2) is 0 Å². The number of fused-ring (bicyclic) bond motifs is 1. The van der Waals surface area contributed by atoms with E-state index in [0.29, 0.717) is 12.5 Å². The smallest absolute Gasteiger partial charge is 0.142 e. The highest BCUT2D eigenvalue weighted by atomic mass is 16.4. The lowest BCUT2D eigenvalue weighted by molar-refractivity contribution is 0.223. The number of likely N-dealkylation sites (tertiary alicyclic amines) is 1. The second-order valence-electron chi connectivity index (χ2n) is 8.25. The monoisotopic (exact) mass is 412 g/mol. The molecular formula is C25H24N4O2. The van der Waals surface area contributed by atoms with E-state index in [-0.39, 0.29) is 0 Å². The number of piperidine rings is 1. The maximum Gasteiger partial charge on any atom is 0.142 e. The molecule has 3 heterocycles. The van der Waals surface area contributed by atoms with Crippen molar-refractivity contribution in [2.24, 2.45) is 5.16 Å². The van der Waals surface area contributed by atoms with Gasteiger partial charge in [-0.1, -0.05) is 17.3 Å². The first kappa shape index (κ1) is 19.5. The van der Waals surface area contributed by atoms with E-state index in [0.717, 1.165) is 78.3 Å². The van der Waals surface area contributed by atoms with Crippen molar-refractivity contribution < 1.29 is 9.62 Å². The first-order valence-corrected chi connectivity index (χ1v) is 10.7. The van der Waals surface area contributed by atoms with Crippen LogP contribution in [0.15, 0.2) is 58.4 Å². The average molecular weight is 412 g/mol. The zero-order chi connectivity index (χ0) is 21.2. The fourth-order valence-electron chi connectivity index (χ4n) is 4.76. The fraction of sp³-hybridized carbons (Fsp3) is 0.320. The number of aromatic nitrogens is 1. The molecule has 6 heteroatoms. The predicted octanol–water partition coefficient (Wildman–Crippen LogP) is 4.84. The summed E-state index contributed by atoms with van der Waals surface area (Å²) in [7, 11) is 0. The van der Waals surface area contributed by atoms with Gasteiger partial charge in [-0.25, -0.2) is 0 Å². The van der Waals surface area contributed by atoms with Crippen LogP contribution in [0.2, 0.25) is 0 Å². The maximum atomic E-state index is 9.23. The molecule has 1 saturated heterocycles. The van der Waals surface area contributed by atoms with Crippen LogP contribution >= 0.6 is 0 Å². The molecule has 3 aromatic rings. The third kappa shape index (κ3) is 3.73. The minimum atomic E-state index is 0.354. The summed E-state index contributed by atoms with van der Waals surface area (Å²) in [6.07, 6.45) is 7.23. The van der Waals surface area contributed by atoms with Crippen molar-refractivity contribution in [1.29, 1.82) is 5.26 Å². The van der Waals surface area contributed by atoms with Crippen LogP contribution in [0.4, 0.5) is 0 Å². The van der Waals surface area contributed by atoms with E-state index in [9.17, 15) is 5.21 Å². The lowest BCUT2D eigenvalue weighted by Gasteiger charge is -2.29. The fourth-order valence-corrected chi connectivity index (χ4v) is 4.76. The second kappa shape index (κ2) is 8.37. The first-order valence-electron chi connectivity index (χ1n) is 10.7. The van der Waals surface area contributed by atoms with E-state index in [4.69, 9.17) is 9.68 Å². The molecule has 2 aromatic heterocycles. The van der Waals surface area contributed by atoms with Crippen molar-refractivity contribution in [2.75, 3.05) is 19.6 Å². The van der Waals surface area contributed by atoms with Gasteiger partial charge in [0, 0.05) is 35.0 Å². The number of aryl methyl sites for hydroxylation is 1. The molecule has 1 fully saturated rings. The highest BCUT2D eigenvalue weighted by Gasteiger charge is 2.26. The van der Waals surface area contributed by atoms with Crippen LogP contribution < -0.4 is 0 Å². The Morgan fingerprint density at radius 2 is 1.87 bits per heavy atom. The first-order chi connectivity index (χ1) is 15.3. The molecule has 0 saturated carbocycles. The van der Waals surface area contributed by atoms with Gasteiger partial charge in [0.05, 0.1) is 18.3 Å². The number of hydrogen-bond acceptors (Lipinski definition) is 6. The number of nitriles is 1. The molecule has 1 aliphatic heterocycles. The van der Waals surface area contributed by atoms with Crippen LogP contribution in [0.3, 0.4) is 0 Å². The summed E-state index contributed by atoms with van der Waals surface area (Å²) < 4.78 is 6.52. The predicted molar refractivity (Wildman–Crippen MR) is 118 cm³/mol. The van der Waals surface area contributed by atoms with Crippen LogP contribution in [0.5, 0.6) is 0 Å². The third-order valence-electron chi connectivity index (χ3n) is 6.46. The van der Waals surface area contributed by atoms with E-state index in [2.05, 4.69) is 39.3 Å². The summed E-state index contributed by atoms with van der Waals surface area (Å²) in [5, 5.41) is 21.6. The van der Waals surface area contributed by atoms with Gasteiger partial charge in [-0.3, -0.25) is 9.88 Å². The van der Waals surface area contributed by atoms with Gasteiger partial charge >= 0.3 is 0 Å². The molecule has 31 heavy (non-hydrogen) atoms. The molecule has 0 unspecified atom stereocenters. The minimum Gasteiger partial charge on any atom is -0.460 e. The molecule has 0 atom stereocenters. The Kier molecular flexibility index (Phi) is 5.27. The molecule has 1 aliphatic carbocycles. The van der Waals surface area contributed by atoms with E-state index in [1.165, 1.54) is 5.56 Å². The van der Waals surface area contributed by atoms with Gasteiger partial charge in [0.2, 0.25) is 0 Å². The Bertz CT molecular complexity index is 1150. The number of pyridine rings is 1. The molecule has 0 radical (unpaired) electrons. The zero-order valence-electron chi connectivity index (χ0n) is 17.3. The standard InChI is InChI=1S/C25H24N4O2/c26-9-14-29-12-7-18(8-13-29)24-16-22(17-5-10-27-11-6-17)25(31-24)20-1-3-21-19(15-20)2-4-23(21)28-30/h1,3,5-6,10-11,15-16,18,30H,2,4,7-8,12-14H2/b28-23-. The van der Waals surface area contributed by atoms with E-state index in [1.807, 2.05) is 18.2 Å². The highest BCUT2D eigenvalue weighted by molar-refractivity contribution is 6.04. The minimum absolute atomic E-state index is 0.354. The number of furan rings is 1. The number of rotatable bonds is 4. The zero-order valence-corrected chi connectivity index (χ0v) is 17.3. The molecule has 1 aromatic carbocycles. The molecular weight excluding hydrogens is 388 g/mol. The van der Waals surface area contributed by atoms with E-state index in [1.54, 1.807) is 12.4 Å². The quantitative estimate of drug-likeness (QED) is 0.377. The van der Waals surface area contributed by atoms with Crippen LogP contribution in [-0.2, 0) is 6.42 Å². The number of hydrogen-bond donors (Lipinski definition) is 1. The Balaban J connectivity index is 1.52. The number of benzene rings is 1. The van der Waals surface area contributed by atoms with Crippen molar-refractivity contribution in [3.63, 3.8) is 0 Å². The Morgan fingerprint density at radius 1 is 1.06 bits per heavy atom. The van der Waals surface area contributed by atoms with Gasteiger partial charge in [0.1, 0.15) is 11.5 Å². The molecule has 2 aliphatic rings. The van der Waals surface area contributed by atoms with Crippen LogP contribution in [0, 0.1) is 11.3 Å². The number of nitrogens with zero attached hydrogens (tertiary/aromatic N) is 4. The van der Waals surface area contributed by atoms with Crippen LogP contribution in [0.25, 0.3) is 22.5 Å². The average Bonchev–Trinajstić information content (AvgIpc) is 3.44. The van der Waals surface area contributed by atoms with Gasteiger partial charge in [0.25, 0.3) is 0 Å². The molecule has 6 nitrogen and oxygen atoms in total. The van der Waals surface area contributed by atoms with Gasteiger partial charge < -0.3 is 9.62 Å². The van der Waals surface area contributed by atoms with Gasteiger partial charge in [-0.15, -0.1) is 0 Å². The summed E-state index contributed by atoms with van der Waals surface area (Å²) in [5.74, 6) is 2.24. The summed E-state index contributed by atoms with van der Waals surface area (Å²) in [4.78, 5) is 6.36. The maximum absolute atomic E-state index is 9.23. The molecule has 156 valence electrons. The largest absolute Gasteiger partial charge is 0.460 e. The molecule has 1 N–H and O–H groups in total. The van der Waals surface area contributed by atoms with Crippen molar-refractivity contribution >= 4 is 5.71 Å². The Labute approximate surface area is 181 Å². The van der Waals surface area contributed by atoms with Crippen molar-refractivity contribution in [3.05, 3.63) is 65.7 Å². The van der Waals surface area contributed by atoms with Crippen LogP contribution in [0.1, 0.15) is 42.1 Å². The summed E-state index contributed by atoms with van der Waals surface area (Å²) >= 11 is 0. The normalized spacial score (nSPS) is 18.2. The van der Waals surface area contributed by atoms with E-state index >= 15 is 0 Å². The molecule has 0 bridgehead atoms. The Morgan fingerprint density at radius 3 is 2.61 bits per heavy atom. The number of oxime groups is 1. The highest BCUT2D eigenvalue weighted by Crippen LogP contribution is 2.41. The summed E-state index contributed by atoms with van der Waals surface area (Å²) in [6, 6.07) is 14.7. The third-order valence-corrected chi connectivity index (χ3v) is 6.46. The lowest BCUT2D eigenvalue weighted by atomic mass is 9.93. The summed E-state index contributed by atoms with van der Waals surface area (Å²) in [6.45, 7) is 2.33. The molecule has 0 spiro atoms. The van der Waals surface area contributed by atoms with Gasteiger partial charge in [-0.2, -0.15) is 5.26 Å². The van der Waals surface area contributed by atoms with Crippen molar-refractivity contribution in [2.45, 2.75) is 31.6 Å². The van der Waals surface area contributed by atoms with Crippen molar-refractivity contribution in [3.8, 4) is 28.5 Å².